The quantitative estimate of drug-likeness (QED) is 0.803. The molecule has 7 heteroatoms. The maximum atomic E-state index is 12.1. The van der Waals surface area contributed by atoms with Gasteiger partial charge in [0.15, 0.2) is 0 Å². The fourth-order valence-electron chi connectivity index (χ4n) is 3.77. The molecule has 2 amide bonds. The third-order valence-electron chi connectivity index (χ3n) is 5.51. The van der Waals surface area contributed by atoms with E-state index in [2.05, 4.69) is 38.6 Å². The molecule has 2 N–H and O–H groups in total. The normalized spacial score (nSPS) is 14.6. The van der Waals surface area contributed by atoms with Gasteiger partial charge >= 0.3 is 6.03 Å². The van der Waals surface area contributed by atoms with Crippen LogP contribution in [0.15, 0.2) is 18.3 Å². The van der Waals surface area contributed by atoms with E-state index in [4.69, 9.17) is 0 Å². The number of aryl methyl sites for hydroxylation is 2. The largest absolute Gasteiger partial charge is 0.357 e. The van der Waals surface area contributed by atoms with Gasteiger partial charge in [-0.15, -0.1) is 0 Å². The van der Waals surface area contributed by atoms with Gasteiger partial charge in [0.2, 0.25) is 0 Å². The first-order chi connectivity index (χ1) is 13.5. The number of carbonyl (C=O) groups excluding carboxylic acids is 1. The minimum Gasteiger partial charge on any atom is -0.357 e. The van der Waals surface area contributed by atoms with Gasteiger partial charge in [-0.3, -0.25) is 4.68 Å². The van der Waals surface area contributed by atoms with E-state index in [0.29, 0.717) is 13.1 Å². The van der Waals surface area contributed by atoms with Gasteiger partial charge in [-0.05, 0) is 56.4 Å². The van der Waals surface area contributed by atoms with Crippen LogP contribution in [0.1, 0.15) is 48.2 Å². The van der Waals surface area contributed by atoms with E-state index in [0.717, 1.165) is 42.3 Å². The number of urea groups is 1. The van der Waals surface area contributed by atoms with Gasteiger partial charge in [-0.1, -0.05) is 12.8 Å². The number of nitrogens with one attached hydrogen (secondary N) is 2. The van der Waals surface area contributed by atoms with Crippen LogP contribution in [0.25, 0.3) is 0 Å². The minimum absolute atomic E-state index is 0.146. The van der Waals surface area contributed by atoms with Crippen LogP contribution in [0.3, 0.4) is 0 Å². The first kappa shape index (κ1) is 20.2. The van der Waals surface area contributed by atoms with Gasteiger partial charge in [0, 0.05) is 45.1 Å². The first-order valence-electron chi connectivity index (χ1n) is 10.2. The van der Waals surface area contributed by atoms with E-state index < -0.39 is 0 Å². The van der Waals surface area contributed by atoms with Crippen molar-refractivity contribution in [3.8, 4) is 0 Å². The van der Waals surface area contributed by atoms with Crippen molar-refractivity contribution in [2.45, 2.75) is 52.5 Å². The molecule has 0 spiro atoms. The Morgan fingerprint density at radius 1 is 1.14 bits per heavy atom. The lowest BCUT2D eigenvalue weighted by Crippen LogP contribution is -2.36. The molecule has 28 heavy (non-hydrogen) atoms. The molecule has 1 fully saturated rings. The molecule has 0 unspecified atom stereocenters. The lowest BCUT2D eigenvalue weighted by Gasteiger charge is -2.21. The second-order valence-corrected chi connectivity index (χ2v) is 7.56. The van der Waals surface area contributed by atoms with E-state index in [-0.39, 0.29) is 6.03 Å². The Morgan fingerprint density at radius 2 is 1.89 bits per heavy atom. The summed E-state index contributed by atoms with van der Waals surface area (Å²) < 4.78 is 1.88. The van der Waals surface area contributed by atoms with Crippen LogP contribution in [0.2, 0.25) is 0 Å². The van der Waals surface area contributed by atoms with Crippen molar-refractivity contribution in [3.63, 3.8) is 0 Å². The van der Waals surface area contributed by atoms with E-state index >= 15 is 0 Å². The van der Waals surface area contributed by atoms with Crippen molar-refractivity contribution in [2.24, 2.45) is 7.05 Å². The molecule has 1 aliphatic heterocycles. The standard InChI is InChI=1S/C21H32N6O/c1-16-19(17(2)26(3)25-16)9-11-23-21(28)24-15-18-8-10-22-20(14-18)27-12-6-4-5-7-13-27/h8,10,14H,4-7,9,11-13,15H2,1-3H3,(H2,23,24,28). The third kappa shape index (κ3) is 5.24. The average molecular weight is 385 g/mol. The number of rotatable bonds is 6. The molecular weight excluding hydrogens is 352 g/mol. The van der Waals surface area contributed by atoms with Crippen LogP contribution >= 0.6 is 0 Å². The van der Waals surface area contributed by atoms with Gasteiger partial charge in [-0.25, -0.2) is 9.78 Å². The van der Waals surface area contributed by atoms with Crippen molar-refractivity contribution < 1.29 is 4.79 Å². The topological polar surface area (TPSA) is 75.1 Å². The van der Waals surface area contributed by atoms with Crippen molar-refractivity contribution in [1.29, 1.82) is 0 Å². The maximum Gasteiger partial charge on any atom is 0.315 e. The van der Waals surface area contributed by atoms with E-state index in [1.54, 1.807) is 0 Å². The number of hydrogen-bond donors (Lipinski definition) is 2. The Morgan fingerprint density at radius 3 is 2.57 bits per heavy atom. The highest BCUT2D eigenvalue weighted by molar-refractivity contribution is 5.73. The molecule has 0 atom stereocenters. The number of nitrogens with zero attached hydrogens (tertiary/aromatic N) is 4. The van der Waals surface area contributed by atoms with Crippen molar-refractivity contribution >= 4 is 11.8 Å². The molecule has 2 aromatic heterocycles. The number of pyridine rings is 1. The fourth-order valence-corrected chi connectivity index (χ4v) is 3.77. The lowest BCUT2D eigenvalue weighted by atomic mass is 10.1. The summed E-state index contributed by atoms with van der Waals surface area (Å²) in [6.45, 7) is 7.29. The summed E-state index contributed by atoms with van der Waals surface area (Å²) in [7, 11) is 1.95. The van der Waals surface area contributed by atoms with Crippen molar-refractivity contribution in [1.82, 2.24) is 25.4 Å². The summed E-state index contributed by atoms with van der Waals surface area (Å²) in [5.74, 6) is 1.02. The summed E-state index contributed by atoms with van der Waals surface area (Å²) in [5, 5.41) is 10.3. The molecule has 1 aliphatic rings. The SMILES string of the molecule is Cc1nn(C)c(C)c1CCNC(=O)NCc1ccnc(N2CCCCCC2)c1. The molecule has 3 rings (SSSR count). The monoisotopic (exact) mass is 384 g/mol. The van der Waals surface area contributed by atoms with Gasteiger partial charge in [0.05, 0.1) is 5.69 Å². The van der Waals surface area contributed by atoms with Gasteiger partial charge < -0.3 is 15.5 Å². The molecule has 2 aromatic rings. The number of aromatic nitrogens is 3. The van der Waals surface area contributed by atoms with Gasteiger partial charge in [-0.2, -0.15) is 5.10 Å². The highest BCUT2D eigenvalue weighted by Gasteiger charge is 2.12. The highest BCUT2D eigenvalue weighted by Crippen LogP contribution is 2.18. The van der Waals surface area contributed by atoms with Crippen LogP contribution in [-0.2, 0) is 20.0 Å². The summed E-state index contributed by atoms with van der Waals surface area (Å²) in [6.07, 6.45) is 7.67. The molecule has 7 nitrogen and oxygen atoms in total. The second-order valence-electron chi connectivity index (χ2n) is 7.56. The minimum atomic E-state index is -0.146. The van der Waals surface area contributed by atoms with E-state index in [9.17, 15) is 4.79 Å². The van der Waals surface area contributed by atoms with Crippen LogP contribution in [0, 0.1) is 13.8 Å². The summed E-state index contributed by atoms with van der Waals surface area (Å²) >= 11 is 0. The number of hydrogen-bond acceptors (Lipinski definition) is 4. The molecule has 152 valence electrons. The molecule has 1 saturated heterocycles. The Bertz CT molecular complexity index is 792. The van der Waals surface area contributed by atoms with Crippen molar-refractivity contribution in [3.05, 3.63) is 40.8 Å². The van der Waals surface area contributed by atoms with Crippen LogP contribution in [0.5, 0.6) is 0 Å². The summed E-state index contributed by atoms with van der Waals surface area (Å²) in [4.78, 5) is 19.0. The molecule has 0 saturated carbocycles. The Labute approximate surface area is 167 Å². The van der Waals surface area contributed by atoms with E-state index in [1.165, 1.54) is 31.2 Å². The second kappa shape index (κ2) is 9.57. The molecule has 0 radical (unpaired) electrons. The fraction of sp³-hybridized carbons (Fsp3) is 0.571. The van der Waals surface area contributed by atoms with Crippen LogP contribution < -0.4 is 15.5 Å². The lowest BCUT2D eigenvalue weighted by molar-refractivity contribution is 0.240. The predicted molar refractivity (Wildman–Crippen MR) is 112 cm³/mol. The molecule has 0 bridgehead atoms. The Hall–Kier alpha value is -2.57. The first-order valence-corrected chi connectivity index (χ1v) is 10.2. The number of amides is 2. The zero-order chi connectivity index (χ0) is 19.9. The van der Waals surface area contributed by atoms with Crippen LogP contribution in [-0.4, -0.2) is 40.4 Å². The smallest absolute Gasteiger partial charge is 0.315 e. The molecule has 0 aliphatic carbocycles. The third-order valence-corrected chi connectivity index (χ3v) is 5.51. The van der Waals surface area contributed by atoms with E-state index in [1.807, 2.05) is 30.9 Å². The Kier molecular flexibility index (Phi) is 6.90. The summed E-state index contributed by atoms with van der Waals surface area (Å²) in [5.41, 5.74) is 4.46. The predicted octanol–water partition coefficient (Wildman–Crippen LogP) is 2.85. The summed E-state index contributed by atoms with van der Waals surface area (Å²) in [6, 6.07) is 3.91. The maximum absolute atomic E-state index is 12.1. The average Bonchev–Trinajstić information content (AvgIpc) is 2.90. The molecule has 0 aromatic carbocycles. The van der Waals surface area contributed by atoms with Gasteiger partial charge in [0.25, 0.3) is 0 Å². The Balaban J connectivity index is 1.46. The van der Waals surface area contributed by atoms with Crippen molar-refractivity contribution in [2.75, 3.05) is 24.5 Å². The van der Waals surface area contributed by atoms with Crippen LogP contribution in [0.4, 0.5) is 10.6 Å². The number of carbonyl (C=O) groups is 1. The van der Waals surface area contributed by atoms with Gasteiger partial charge in [0.1, 0.15) is 5.82 Å². The zero-order valence-corrected chi connectivity index (χ0v) is 17.3. The molecule has 3 heterocycles. The molecular formula is C21H32N6O. The highest BCUT2D eigenvalue weighted by atomic mass is 16.2. The number of anilines is 1. The zero-order valence-electron chi connectivity index (χ0n) is 17.3.